The summed E-state index contributed by atoms with van der Waals surface area (Å²) < 4.78 is 32.9. The maximum Gasteiger partial charge on any atom is 0.248 e. The summed E-state index contributed by atoms with van der Waals surface area (Å²) in [5.41, 5.74) is 6.39. The molecule has 42 heavy (non-hydrogen) atoms. The van der Waals surface area contributed by atoms with E-state index in [2.05, 4.69) is 62.1 Å². The standard InChI is InChI=1S/C32H36F2N8/c1-21-29(40(3)38-37-21)24-19-26-28(35-20-24)25-9-10-27(41-17-15-39(2)16-18-41)36-31(25)42(26)30(22-7-5-4-6-8-22)23-11-13-32(33,34)14-12-23/h4-10,19-20,23,30H,11-18H2,1-3H3. The van der Waals surface area contributed by atoms with Crippen LogP contribution in [0.2, 0.25) is 0 Å². The van der Waals surface area contributed by atoms with Crippen LogP contribution in [0.15, 0.2) is 54.7 Å². The van der Waals surface area contributed by atoms with E-state index in [0.717, 1.165) is 76.6 Å². The number of halogens is 2. The van der Waals surface area contributed by atoms with Gasteiger partial charge in [-0.15, -0.1) is 5.10 Å². The molecule has 0 spiro atoms. The summed E-state index contributed by atoms with van der Waals surface area (Å²) in [7, 11) is 4.03. The molecule has 2 fully saturated rings. The summed E-state index contributed by atoms with van der Waals surface area (Å²) in [5, 5.41) is 9.45. The predicted molar refractivity (Wildman–Crippen MR) is 161 cm³/mol. The van der Waals surface area contributed by atoms with E-state index in [-0.39, 0.29) is 24.8 Å². The Labute approximate surface area is 244 Å². The second kappa shape index (κ2) is 10.4. The highest BCUT2D eigenvalue weighted by atomic mass is 19.3. The highest BCUT2D eigenvalue weighted by molar-refractivity contribution is 6.05. The molecule has 4 aromatic heterocycles. The first-order valence-corrected chi connectivity index (χ1v) is 14.8. The van der Waals surface area contributed by atoms with E-state index in [1.165, 1.54) is 0 Å². The van der Waals surface area contributed by atoms with Crippen molar-refractivity contribution in [2.45, 2.75) is 44.6 Å². The van der Waals surface area contributed by atoms with Gasteiger partial charge in [0.2, 0.25) is 5.92 Å². The fourth-order valence-electron chi connectivity index (χ4n) is 6.90. The summed E-state index contributed by atoms with van der Waals surface area (Å²) in [6, 6.07) is 16.5. The van der Waals surface area contributed by atoms with Crippen molar-refractivity contribution in [1.29, 1.82) is 0 Å². The fraction of sp³-hybridized carbons (Fsp3) is 0.438. The number of pyridine rings is 2. The normalized spacial score (nSPS) is 19.1. The maximum absolute atomic E-state index is 14.4. The highest BCUT2D eigenvalue weighted by Crippen LogP contribution is 2.46. The fourth-order valence-corrected chi connectivity index (χ4v) is 6.90. The Balaban J connectivity index is 1.47. The Bertz CT molecular complexity index is 1710. The molecule has 1 unspecified atom stereocenters. The van der Waals surface area contributed by atoms with Gasteiger partial charge in [-0.2, -0.15) is 0 Å². The van der Waals surface area contributed by atoms with E-state index in [1.807, 2.05) is 38.4 Å². The van der Waals surface area contributed by atoms with Gasteiger partial charge in [0.15, 0.2) is 0 Å². The molecule has 7 rings (SSSR count). The van der Waals surface area contributed by atoms with Crippen molar-refractivity contribution in [2.75, 3.05) is 38.1 Å². The van der Waals surface area contributed by atoms with Crippen LogP contribution in [-0.4, -0.2) is 73.6 Å². The van der Waals surface area contributed by atoms with E-state index in [1.54, 1.807) is 4.68 Å². The van der Waals surface area contributed by atoms with Crippen molar-refractivity contribution >= 4 is 27.9 Å². The van der Waals surface area contributed by atoms with Gasteiger partial charge in [0.05, 0.1) is 28.5 Å². The second-order valence-electron chi connectivity index (χ2n) is 12.0. The molecule has 0 radical (unpaired) electrons. The number of aromatic nitrogens is 6. The third kappa shape index (κ3) is 4.71. The Hall–Kier alpha value is -3.92. The third-order valence-corrected chi connectivity index (χ3v) is 9.19. The number of hydrogen-bond donors (Lipinski definition) is 0. The SMILES string of the molecule is Cc1nnn(C)c1-c1cnc2c3ccc(N4CCN(C)CC4)nc3n(C(c3ccccc3)C3CCC(F)(F)CC3)c2c1. The Kier molecular flexibility index (Phi) is 6.68. The van der Waals surface area contributed by atoms with E-state index in [4.69, 9.17) is 9.97 Å². The zero-order chi connectivity index (χ0) is 29.0. The quantitative estimate of drug-likeness (QED) is 0.264. The van der Waals surface area contributed by atoms with Crippen molar-refractivity contribution in [3.63, 3.8) is 0 Å². The molecule has 8 nitrogen and oxygen atoms in total. The minimum Gasteiger partial charge on any atom is -0.354 e. The van der Waals surface area contributed by atoms with Crippen molar-refractivity contribution in [3.05, 3.63) is 66.0 Å². The number of rotatable bonds is 5. The van der Waals surface area contributed by atoms with Crippen LogP contribution in [0.1, 0.15) is 43.0 Å². The lowest BCUT2D eigenvalue weighted by molar-refractivity contribution is -0.0493. The highest BCUT2D eigenvalue weighted by Gasteiger charge is 2.39. The van der Waals surface area contributed by atoms with Crippen molar-refractivity contribution < 1.29 is 8.78 Å². The molecule has 1 atom stereocenters. The van der Waals surface area contributed by atoms with Crippen molar-refractivity contribution in [1.82, 2.24) is 34.4 Å². The van der Waals surface area contributed by atoms with Crippen molar-refractivity contribution in [2.24, 2.45) is 13.0 Å². The Morgan fingerprint density at radius 3 is 2.38 bits per heavy atom. The van der Waals surface area contributed by atoms with E-state index >= 15 is 0 Å². The summed E-state index contributed by atoms with van der Waals surface area (Å²) in [6.45, 7) is 5.72. The molecule has 0 amide bonds. The predicted octanol–water partition coefficient (Wildman–Crippen LogP) is 5.86. The van der Waals surface area contributed by atoms with E-state index < -0.39 is 5.92 Å². The van der Waals surface area contributed by atoms with Crippen LogP contribution in [0.25, 0.3) is 33.3 Å². The number of anilines is 1. The first-order valence-electron chi connectivity index (χ1n) is 14.8. The van der Waals surface area contributed by atoms with Gasteiger partial charge >= 0.3 is 0 Å². The van der Waals surface area contributed by atoms with Gasteiger partial charge in [-0.05, 0) is 56.5 Å². The molecule has 1 aliphatic carbocycles. The molecule has 5 aromatic rings. The molecule has 10 heteroatoms. The number of alkyl halides is 2. The van der Waals surface area contributed by atoms with Gasteiger partial charge < -0.3 is 14.4 Å². The number of hydrogen-bond acceptors (Lipinski definition) is 6. The zero-order valence-electron chi connectivity index (χ0n) is 24.3. The van der Waals surface area contributed by atoms with Crippen LogP contribution in [-0.2, 0) is 7.05 Å². The average Bonchev–Trinajstić information content (AvgIpc) is 3.50. The summed E-state index contributed by atoms with van der Waals surface area (Å²) in [5.74, 6) is -1.64. The molecule has 0 bridgehead atoms. The minimum atomic E-state index is -2.61. The van der Waals surface area contributed by atoms with Crippen molar-refractivity contribution in [3.8, 4) is 11.3 Å². The first-order chi connectivity index (χ1) is 20.3. The molecule has 218 valence electrons. The number of fused-ring (bicyclic) bond motifs is 3. The molecule has 1 aliphatic heterocycles. The topological polar surface area (TPSA) is 67.9 Å². The van der Waals surface area contributed by atoms with E-state index in [0.29, 0.717) is 12.8 Å². The average molecular weight is 571 g/mol. The third-order valence-electron chi connectivity index (χ3n) is 9.19. The maximum atomic E-state index is 14.4. The lowest BCUT2D eigenvalue weighted by Crippen LogP contribution is -2.44. The molecule has 1 aromatic carbocycles. The van der Waals surface area contributed by atoms with Gasteiger partial charge in [-0.25, -0.2) is 18.4 Å². The van der Waals surface area contributed by atoms with Crippen LogP contribution in [0.5, 0.6) is 0 Å². The number of nitrogens with zero attached hydrogens (tertiary/aromatic N) is 8. The van der Waals surface area contributed by atoms with Crippen LogP contribution >= 0.6 is 0 Å². The van der Waals surface area contributed by atoms with Gasteiger partial charge in [-0.1, -0.05) is 35.5 Å². The van der Waals surface area contributed by atoms with Crippen LogP contribution in [0.4, 0.5) is 14.6 Å². The Morgan fingerprint density at radius 1 is 0.952 bits per heavy atom. The van der Waals surface area contributed by atoms with Crippen LogP contribution in [0, 0.1) is 12.8 Å². The molecular weight excluding hydrogens is 534 g/mol. The first kappa shape index (κ1) is 26.9. The number of likely N-dealkylation sites (N-methyl/N-ethyl adjacent to an activating group) is 1. The lowest BCUT2D eigenvalue weighted by Gasteiger charge is -2.36. The van der Waals surface area contributed by atoms with Crippen LogP contribution < -0.4 is 4.90 Å². The Morgan fingerprint density at radius 2 is 1.69 bits per heavy atom. The van der Waals surface area contributed by atoms with Gasteiger partial charge in [-0.3, -0.25) is 4.98 Å². The number of aryl methyl sites for hydroxylation is 2. The number of piperazine rings is 1. The monoisotopic (exact) mass is 570 g/mol. The molecule has 0 N–H and O–H groups in total. The van der Waals surface area contributed by atoms with Gasteiger partial charge in [0.25, 0.3) is 0 Å². The summed E-state index contributed by atoms with van der Waals surface area (Å²) in [4.78, 5) is 15.0. The lowest BCUT2D eigenvalue weighted by atomic mass is 9.79. The zero-order valence-corrected chi connectivity index (χ0v) is 24.3. The van der Waals surface area contributed by atoms with Gasteiger partial charge in [0, 0.05) is 63.2 Å². The molecule has 5 heterocycles. The van der Waals surface area contributed by atoms with Crippen LogP contribution in [0.3, 0.4) is 0 Å². The molecular formula is C32H36F2N8. The summed E-state index contributed by atoms with van der Waals surface area (Å²) in [6.07, 6.45) is 2.58. The summed E-state index contributed by atoms with van der Waals surface area (Å²) >= 11 is 0. The van der Waals surface area contributed by atoms with E-state index in [9.17, 15) is 8.78 Å². The largest absolute Gasteiger partial charge is 0.354 e. The molecule has 1 saturated heterocycles. The second-order valence-corrected chi connectivity index (χ2v) is 12.0. The van der Waals surface area contributed by atoms with Gasteiger partial charge in [0.1, 0.15) is 11.5 Å². The molecule has 2 aliphatic rings. The molecule has 1 saturated carbocycles. The minimum absolute atomic E-state index is 0.0312. The smallest absolute Gasteiger partial charge is 0.248 e. The number of benzene rings is 1.